The number of aromatic nitrogens is 1. The van der Waals surface area contributed by atoms with Gasteiger partial charge in [0.05, 0.1) is 6.20 Å². The van der Waals surface area contributed by atoms with E-state index >= 15 is 0 Å². The van der Waals surface area contributed by atoms with E-state index in [0.717, 1.165) is 31.3 Å². The highest BCUT2D eigenvalue weighted by molar-refractivity contribution is 5.27. The molecule has 0 bridgehead atoms. The summed E-state index contributed by atoms with van der Waals surface area (Å²) in [7, 11) is 0. The second-order valence-electron chi connectivity index (χ2n) is 5.30. The van der Waals surface area contributed by atoms with Crippen molar-refractivity contribution >= 4 is 0 Å². The van der Waals surface area contributed by atoms with Gasteiger partial charge in [-0.1, -0.05) is 0 Å². The van der Waals surface area contributed by atoms with E-state index in [4.69, 9.17) is 4.74 Å². The Bertz CT molecular complexity index is 660. The molecule has 1 unspecified atom stereocenters. The van der Waals surface area contributed by atoms with Gasteiger partial charge in [0, 0.05) is 30.3 Å². The van der Waals surface area contributed by atoms with Crippen molar-refractivity contribution in [3.05, 3.63) is 59.7 Å². The van der Waals surface area contributed by atoms with Crippen LogP contribution in [-0.2, 0) is 0 Å². The molecule has 2 heterocycles. The summed E-state index contributed by atoms with van der Waals surface area (Å²) < 4.78 is 46.0. The zero-order chi connectivity index (χ0) is 15.5. The molecule has 6 heteroatoms. The standard InChI is InChI=1S/C16H15F3N2O/c17-12-1-2-15(14(19)6-12)22-16(10-3-4-20-7-10)11-5-13(18)9-21-8-11/h1-2,5-6,8-10,16,20H,3-4,7H2/t10-,16?/m0/s1. The Morgan fingerprint density at radius 3 is 2.68 bits per heavy atom. The molecule has 116 valence electrons. The van der Waals surface area contributed by atoms with Crippen LogP contribution in [0.3, 0.4) is 0 Å². The van der Waals surface area contributed by atoms with E-state index in [1.54, 1.807) is 0 Å². The average Bonchev–Trinajstić information content (AvgIpc) is 3.00. The Labute approximate surface area is 126 Å². The third-order valence-electron chi connectivity index (χ3n) is 3.73. The van der Waals surface area contributed by atoms with Crippen molar-refractivity contribution < 1.29 is 17.9 Å². The SMILES string of the molecule is Fc1cncc(C(Oc2ccc(F)cc2F)[C@H]2CCNC2)c1. The molecule has 1 fully saturated rings. The molecule has 1 N–H and O–H groups in total. The number of pyridine rings is 1. The van der Waals surface area contributed by atoms with Crippen LogP contribution in [0.5, 0.6) is 5.75 Å². The van der Waals surface area contributed by atoms with Crippen LogP contribution in [0.1, 0.15) is 18.1 Å². The summed E-state index contributed by atoms with van der Waals surface area (Å²) in [6.45, 7) is 1.50. The number of ether oxygens (including phenoxy) is 1. The van der Waals surface area contributed by atoms with Gasteiger partial charge < -0.3 is 10.1 Å². The summed E-state index contributed by atoms with van der Waals surface area (Å²) >= 11 is 0. The zero-order valence-electron chi connectivity index (χ0n) is 11.7. The molecular weight excluding hydrogens is 293 g/mol. The highest BCUT2D eigenvalue weighted by Crippen LogP contribution is 2.33. The molecule has 1 aliphatic heterocycles. The summed E-state index contributed by atoms with van der Waals surface area (Å²) in [5, 5.41) is 3.20. The minimum Gasteiger partial charge on any atom is -0.482 e. The number of rotatable bonds is 4. The van der Waals surface area contributed by atoms with Crippen molar-refractivity contribution in [2.45, 2.75) is 12.5 Å². The molecule has 1 saturated heterocycles. The Morgan fingerprint density at radius 1 is 1.14 bits per heavy atom. The number of nitrogens with one attached hydrogen (secondary N) is 1. The Balaban J connectivity index is 1.91. The number of nitrogens with zero attached hydrogens (tertiary/aromatic N) is 1. The van der Waals surface area contributed by atoms with E-state index in [1.807, 2.05) is 0 Å². The lowest BCUT2D eigenvalue weighted by Crippen LogP contribution is -2.22. The highest BCUT2D eigenvalue weighted by atomic mass is 19.1. The maximum atomic E-state index is 13.8. The van der Waals surface area contributed by atoms with Crippen molar-refractivity contribution in [2.24, 2.45) is 5.92 Å². The Hall–Kier alpha value is -2.08. The second kappa shape index (κ2) is 6.36. The zero-order valence-corrected chi connectivity index (χ0v) is 11.7. The average molecular weight is 308 g/mol. The smallest absolute Gasteiger partial charge is 0.168 e. The van der Waals surface area contributed by atoms with Gasteiger partial charge in [-0.05, 0) is 31.2 Å². The minimum absolute atomic E-state index is 0.0532. The number of benzene rings is 1. The van der Waals surface area contributed by atoms with Gasteiger partial charge in [0.25, 0.3) is 0 Å². The molecule has 1 aromatic carbocycles. The molecular formula is C16H15F3N2O. The monoisotopic (exact) mass is 308 g/mol. The van der Waals surface area contributed by atoms with Crippen LogP contribution in [0.25, 0.3) is 0 Å². The van der Waals surface area contributed by atoms with E-state index in [9.17, 15) is 13.2 Å². The van der Waals surface area contributed by atoms with E-state index in [-0.39, 0.29) is 11.7 Å². The summed E-state index contributed by atoms with van der Waals surface area (Å²) in [6.07, 6.45) is 2.89. The van der Waals surface area contributed by atoms with E-state index in [0.29, 0.717) is 12.1 Å². The molecule has 2 atom stereocenters. The first-order valence-corrected chi connectivity index (χ1v) is 7.06. The molecule has 2 aromatic rings. The van der Waals surface area contributed by atoms with Gasteiger partial charge >= 0.3 is 0 Å². The maximum Gasteiger partial charge on any atom is 0.168 e. The van der Waals surface area contributed by atoms with Crippen LogP contribution in [0.15, 0.2) is 36.7 Å². The fourth-order valence-electron chi connectivity index (χ4n) is 2.66. The lowest BCUT2D eigenvalue weighted by atomic mass is 9.96. The largest absolute Gasteiger partial charge is 0.482 e. The van der Waals surface area contributed by atoms with Crippen LogP contribution >= 0.6 is 0 Å². The molecule has 0 saturated carbocycles. The molecule has 0 radical (unpaired) electrons. The first-order valence-electron chi connectivity index (χ1n) is 7.06. The predicted molar refractivity (Wildman–Crippen MR) is 74.9 cm³/mol. The van der Waals surface area contributed by atoms with Crippen LogP contribution in [0.4, 0.5) is 13.2 Å². The summed E-state index contributed by atoms with van der Waals surface area (Å²) in [5.74, 6) is -1.91. The fourth-order valence-corrected chi connectivity index (χ4v) is 2.66. The van der Waals surface area contributed by atoms with Gasteiger partial charge in [0.15, 0.2) is 11.6 Å². The Morgan fingerprint density at radius 2 is 2.00 bits per heavy atom. The summed E-state index contributed by atoms with van der Waals surface area (Å²) in [4.78, 5) is 3.83. The van der Waals surface area contributed by atoms with Crippen LogP contribution < -0.4 is 10.1 Å². The third kappa shape index (κ3) is 3.22. The van der Waals surface area contributed by atoms with Crippen LogP contribution in [0, 0.1) is 23.4 Å². The molecule has 3 rings (SSSR count). The van der Waals surface area contributed by atoms with Crippen molar-refractivity contribution in [1.82, 2.24) is 10.3 Å². The number of hydrogen-bond donors (Lipinski definition) is 1. The van der Waals surface area contributed by atoms with Gasteiger partial charge in [0.2, 0.25) is 0 Å². The van der Waals surface area contributed by atoms with Crippen molar-refractivity contribution in [1.29, 1.82) is 0 Å². The van der Waals surface area contributed by atoms with Crippen molar-refractivity contribution in [3.63, 3.8) is 0 Å². The minimum atomic E-state index is -0.777. The fraction of sp³-hybridized carbons (Fsp3) is 0.312. The van der Waals surface area contributed by atoms with Crippen molar-refractivity contribution in [3.8, 4) is 5.75 Å². The van der Waals surface area contributed by atoms with Gasteiger partial charge in [-0.2, -0.15) is 0 Å². The predicted octanol–water partition coefficient (Wildman–Crippen LogP) is 3.23. The molecule has 0 spiro atoms. The third-order valence-corrected chi connectivity index (χ3v) is 3.73. The van der Waals surface area contributed by atoms with E-state index < -0.39 is 23.6 Å². The summed E-state index contributed by atoms with van der Waals surface area (Å²) in [6, 6.07) is 4.47. The maximum absolute atomic E-state index is 13.8. The molecule has 0 aliphatic carbocycles. The summed E-state index contributed by atoms with van der Waals surface area (Å²) in [5.41, 5.74) is 0.539. The first kappa shape index (κ1) is 14.8. The lowest BCUT2D eigenvalue weighted by Gasteiger charge is -2.24. The molecule has 1 aliphatic rings. The number of hydrogen-bond acceptors (Lipinski definition) is 3. The number of halogens is 3. The quantitative estimate of drug-likeness (QED) is 0.941. The van der Waals surface area contributed by atoms with Crippen molar-refractivity contribution in [2.75, 3.05) is 13.1 Å². The molecule has 3 nitrogen and oxygen atoms in total. The lowest BCUT2D eigenvalue weighted by molar-refractivity contribution is 0.137. The molecule has 22 heavy (non-hydrogen) atoms. The van der Waals surface area contributed by atoms with E-state index in [2.05, 4.69) is 10.3 Å². The Kier molecular flexibility index (Phi) is 4.29. The first-order chi connectivity index (χ1) is 10.6. The molecule has 0 amide bonds. The van der Waals surface area contributed by atoms with Gasteiger partial charge in [0.1, 0.15) is 17.7 Å². The van der Waals surface area contributed by atoms with E-state index in [1.165, 1.54) is 18.3 Å². The molecule has 1 aromatic heterocycles. The van der Waals surface area contributed by atoms with Gasteiger partial charge in [-0.15, -0.1) is 0 Å². The van der Waals surface area contributed by atoms with Gasteiger partial charge in [-0.3, -0.25) is 4.98 Å². The highest BCUT2D eigenvalue weighted by Gasteiger charge is 2.29. The normalized spacial score (nSPS) is 19.1. The van der Waals surface area contributed by atoms with Crippen LogP contribution in [-0.4, -0.2) is 18.1 Å². The van der Waals surface area contributed by atoms with Gasteiger partial charge in [-0.25, -0.2) is 13.2 Å². The topological polar surface area (TPSA) is 34.1 Å². The second-order valence-corrected chi connectivity index (χ2v) is 5.30. The van der Waals surface area contributed by atoms with Crippen LogP contribution in [0.2, 0.25) is 0 Å².